The molecule has 6 heteroatoms. The lowest BCUT2D eigenvalue weighted by atomic mass is 10.1. The standard InChI is InChI=1S/C10H15N3O2S/c1-7-6-13(4-5-16-7)10(15)8-2-3-9(14)12-11-8/h7H,2-6H2,1H3,(H,12,14). The van der Waals surface area contributed by atoms with E-state index in [4.69, 9.17) is 0 Å². The molecule has 0 aromatic carbocycles. The predicted molar refractivity (Wildman–Crippen MR) is 63.3 cm³/mol. The van der Waals surface area contributed by atoms with Crippen molar-refractivity contribution in [3.05, 3.63) is 0 Å². The fraction of sp³-hybridized carbons (Fsp3) is 0.700. The number of rotatable bonds is 1. The van der Waals surface area contributed by atoms with Crippen molar-refractivity contribution in [2.45, 2.75) is 25.0 Å². The van der Waals surface area contributed by atoms with Gasteiger partial charge in [0.05, 0.1) is 0 Å². The molecular weight excluding hydrogens is 226 g/mol. The fourth-order valence-electron chi connectivity index (χ4n) is 1.81. The maximum Gasteiger partial charge on any atom is 0.270 e. The Morgan fingerprint density at radius 3 is 3.00 bits per heavy atom. The highest BCUT2D eigenvalue weighted by molar-refractivity contribution is 7.99. The minimum Gasteiger partial charge on any atom is -0.336 e. The monoisotopic (exact) mass is 241 g/mol. The van der Waals surface area contributed by atoms with Crippen LogP contribution in [0.2, 0.25) is 0 Å². The number of hydrogen-bond acceptors (Lipinski definition) is 4. The summed E-state index contributed by atoms with van der Waals surface area (Å²) in [6, 6.07) is 0. The van der Waals surface area contributed by atoms with Crippen molar-refractivity contribution in [2.24, 2.45) is 5.10 Å². The molecule has 0 aliphatic carbocycles. The molecule has 0 aromatic rings. The number of nitrogens with one attached hydrogen (secondary N) is 1. The summed E-state index contributed by atoms with van der Waals surface area (Å²) in [5.41, 5.74) is 2.84. The molecule has 1 atom stereocenters. The molecule has 1 fully saturated rings. The van der Waals surface area contributed by atoms with Crippen LogP contribution < -0.4 is 5.43 Å². The van der Waals surface area contributed by atoms with Gasteiger partial charge < -0.3 is 4.90 Å². The molecule has 1 unspecified atom stereocenters. The summed E-state index contributed by atoms with van der Waals surface area (Å²) in [6.45, 7) is 3.67. The zero-order valence-electron chi connectivity index (χ0n) is 9.23. The van der Waals surface area contributed by atoms with Crippen LogP contribution in [0.15, 0.2) is 5.10 Å². The first-order valence-corrected chi connectivity index (χ1v) is 6.48. The number of carbonyl (C=O) groups is 2. The van der Waals surface area contributed by atoms with E-state index in [9.17, 15) is 9.59 Å². The quantitative estimate of drug-likeness (QED) is 0.714. The average Bonchev–Trinajstić information content (AvgIpc) is 2.29. The first kappa shape index (κ1) is 11.4. The van der Waals surface area contributed by atoms with Gasteiger partial charge in [0.2, 0.25) is 5.91 Å². The maximum absolute atomic E-state index is 12.0. The summed E-state index contributed by atoms with van der Waals surface area (Å²) < 4.78 is 0. The second-order valence-corrected chi connectivity index (χ2v) is 5.57. The van der Waals surface area contributed by atoms with E-state index >= 15 is 0 Å². The molecule has 2 heterocycles. The molecule has 0 radical (unpaired) electrons. The summed E-state index contributed by atoms with van der Waals surface area (Å²) in [7, 11) is 0. The molecule has 0 saturated carbocycles. The van der Waals surface area contributed by atoms with Crippen LogP contribution in [0.25, 0.3) is 0 Å². The normalized spacial score (nSPS) is 26.1. The molecule has 0 bridgehead atoms. The van der Waals surface area contributed by atoms with Crippen LogP contribution in [0.4, 0.5) is 0 Å². The third-order valence-electron chi connectivity index (χ3n) is 2.68. The smallest absolute Gasteiger partial charge is 0.270 e. The van der Waals surface area contributed by atoms with Crippen molar-refractivity contribution in [1.29, 1.82) is 0 Å². The van der Waals surface area contributed by atoms with E-state index in [1.165, 1.54) is 0 Å². The van der Waals surface area contributed by atoms with E-state index in [1.54, 1.807) is 0 Å². The Bertz CT molecular complexity index is 343. The van der Waals surface area contributed by atoms with E-state index in [0.717, 1.165) is 18.8 Å². The van der Waals surface area contributed by atoms with Gasteiger partial charge >= 0.3 is 0 Å². The summed E-state index contributed by atoms with van der Waals surface area (Å²) in [5, 5.41) is 4.31. The lowest BCUT2D eigenvalue weighted by Gasteiger charge is -2.31. The fourth-order valence-corrected chi connectivity index (χ4v) is 2.83. The second-order valence-electron chi connectivity index (χ2n) is 4.03. The lowest BCUT2D eigenvalue weighted by molar-refractivity contribution is -0.124. The van der Waals surface area contributed by atoms with Crippen LogP contribution >= 0.6 is 11.8 Å². The van der Waals surface area contributed by atoms with Crippen LogP contribution in [0.5, 0.6) is 0 Å². The Balaban J connectivity index is 1.99. The molecule has 2 amide bonds. The number of hydrogen-bond donors (Lipinski definition) is 1. The number of nitrogens with zero attached hydrogens (tertiary/aromatic N) is 2. The third kappa shape index (κ3) is 2.55. The Labute approximate surface area is 98.6 Å². The Morgan fingerprint density at radius 1 is 1.56 bits per heavy atom. The summed E-state index contributed by atoms with van der Waals surface area (Å²) in [4.78, 5) is 24.8. The molecule has 2 rings (SSSR count). The number of hydrazone groups is 1. The van der Waals surface area contributed by atoms with Crippen LogP contribution in [-0.2, 0) is 9.59 Å². The van der Waals surface area contributed by atoms with Gasteiger partial charge in [-0.2, -0.15) is 16.9 Å². The van der Waals surface area contributed by atoms with E-state index in [1.807, 2.05) is 16.7 Å². The molecule has 0 aromatic heterocycles. The number of carbonyl (C=O) groups excluding carboxylic acids is 2. The molecular formula is C10H15N3O2S. The van der Waals surface area contributed by atoms with E-state index in [0.29, 0.717) is 23.8 Å². The third-order valence-corrected chi connectivity index (χ3v) is 3.82. The van der Waals surface area contributed by atoms with Gasteiger partial charge in [-0.3, -0.25) is 9.59 Å². The Kier molecular flexibility index (Phi) is 3.48. The lowest BCUT2D eigenvalue weighted by Crippen LogP contribution is -2.46. The van der Waals surface area contributed by atoms with Crippen molar-refractivity contribution < 1.29 is 9.59 Å². The molecule has 2 aliphatic heterocycles. The Morgan fingerprint density at radius 2 is 2.38 bits per heavy atom. The molecule has 2 aliphatic rings. The number of thioether (sulfide) groups is 1. The van der Waals surface area contributed by atoms with Crippen molar-refractivity contribution in [1.82, 2.24) is 10.3 Å². The minimum atomic E-state index is -0.112. The minimum absolute atomic E-state index is 0.0212. The van der Waals surface area contributed by atoms with Gasteiger partial charge in [0.25, 0.3) is 5.91 Å². The Hall–Kier alpha value is -1.04. The highest BCUT2D eigenvalue weighted by Crippen LogP contribution is 2.18. The molecule has 1 N–H and O–H groups in total. The van der Waals surface area contributed by atoms with Gasteiger partial charge in [-0.05, 0) is 0 Å². The van der Waals surface area contributed by atoms with Crippen LogP contribution in [0.1, 0.15) is 19.8 Å². The maximum atomic E-state index is 12.0. The highest BCUT2D eigenvalue weighted by Gasteiger charge is 2.26. The highest BCUT2D eigenvalue weighted by atomic mass is 32.2. The molecule has 1 saturated heterocycles. The number of amides is 2. The van der Waals surface area contributed by atoms with Gasteiger partial charge in [0.15, 0.2) is 0 Å². The van der Waals surface area contributed by atoms with Crippen molar-refractivity contribution in [3.8, 4) is 0 Å². The summed E-state index contributed by atoms with van der Waals surface area (Å²) in [5.74, 6) is 0.846. The van der Waals surface area contributed by atoms with E-state index in [-0.39, 0.29) is 11.8 Å². The SMILES string of the molecule is CC1CN(C(=O)C2=NNC(=O)CC2)CCS1. The summed E-state index contributed by atoms with van der Waals surface area (Å²) in [6.07, 6.45) is 0.825. The van der Waals surface area contributed by atoms with Crippen molar-refractivity contribution in [3.63, 3.8) is 0 Å². The first-order chi connectivity index (χ1) is 7.66. The molecule has 0 spiro atoms. The van der Waals surface area contributed by atoms with Gasteiger partial charge in [-0.1, -0.05) is 6.92 Å². The zero-order chi connectivity index (χ0) is 11.5. The molecule has 5 nitrogen and oxygen atoms in total. The van der Waals surface area contributed by atoms with E-state index < -0.39 is 0 Å². The van der Waals surface area contributed by atoms with Gasteiger partial charge in [-0.15, -0.1) is 0 Å². The zero-order valence-corrected chi connectivity index (χ0v) is 10.0. The first-order valence-electron chi connectivity index (χ1n) is 5.43. The van der Waals surface area contributed by atoms with Crippen LogP contribution in [0.3, 0.4) is 0 Å². The molecule has 88 valence electrons. The van der Waals surface area contributed by atoms with Crippen molar-refractivity contribution in [2.75, 3.05) is 18.8 Å². The average molecular weight is 241 g/mol. The van der Waals surface area contributed by atoms with Crippen LogP contribution in [0, 0.1) is 0 Å². The molecule has 16 heavy (non-hydrogen) atoms. The van der Waals surface area contributed by atoms with Crippen LogP contribution in [-0.4, -0.2) is 46.5 Å². The topological polar surface area (TPSA) is 61.8 Å². The van der Waals surface area contributed by atoms with Crippen molar-refractivity contribution >= 4 is 29.3 Å². The van der Waals surface area contributed by atoms with Gasteiger partial charge in [0.1, 0.15) is 5.71 Å². The summed E-state index contributed by atoms with van der Waals surface area (Å²) >= 11 is 1.88. The van der Waals surface area contributed by atoms with Gasteiger partial charge in [0, 0.05) is 36.9 Å². The second kappa shape index (κ2) is 4.86. The van der Waals surface area contributed by atoms with E-state index in [2.05, 4.69) is 17.5 Å². The van der Waals surface area contributed by atoms with Gasteiger partial charge in [-0.25, -0.2) is 5.43 Å². The predicted octanol–water partition coefficient (Wildman–Crippen LogP) is 0.216. The largest absolute Gasteiger partial charge is 0.336 e.